The molecule has 2 heterocycles. The Hall–Kier alpha value is -2.41. The van der Waals surface area contributed by atoms with Crippen LogP contribution in [0, 0.1) is 13.8 Å². The molecule has 0 fully saturated rings. The molecule has 0 bridgehead atoms. The van der Waals surface area contributed by atoms with Gasteiger partial charge < -0.3 is 4.74 Å². The smallest absolute Gasteiger partial charge is 0.414 e. The standard InChI is InChI=1S/C17H20N4O2S/c1-4-5-8-23-17(22)19-15-18-16-21(20-15)14(10-24-16)13-7-6-11(2)9-12(13)3/h6-7,9-10H,4-5,8H2,1-3H3,(H,19,20,22). The summed E-state index contributed by atoms with van der Waals surface area (Å²) in [5, 5.41) is 8.99. The molecule has 126 valence electrons. The Morgan fingerprint density at radius 2 is 2.21 bits per heavy atom. The molecule has 1 aromatic carbocycles. The molecule has 0 saturated carbocycles. The second kappa shape index (κ2) is 7.00. The fourth-order valence-electron chi connectivity index (χ4n) is 2.46. The number of nitrogens with one attached hydrogen (secondary N) is 1. The first-order valence-electron chi connectivity index (χ1n) is 7.94. The lowest BCUT2D eigenvalue weighted by Gasteiger charge is -2.05. The summed E-state index contributed by atoms with van der Waals surface area (Å²) in [6.07, 6.45) is 1.30. The zero-order valence-corrected chi connectivity index (χ0v) is 14.8. The third-order valence-corrected chi connectivity index (χ3v) is 4.50. The van der Waals surface area contributed by atoms with Crippen molar-refractivity contribution in [3.8, 4) is 11.3 Å². The normalized spacial score (nSPS) is 11.0. The lowest BCUT2D eigenvalue weighted by atomic mass is 10.0. The number of fused-ring (bicyclic) bond motifs is 1. The predicted molar refractivity (Wildman–Crippen MR) is 95.7 cm³/mol. The first-order chi connectivity index (χ1) is 11.6. The van der Waals surface area contributed by atoms with Crippen LogP contribution in [0.25, 0.3) is 16.2 Å². The summed E-state index contributed by atoms with van der Waals surface area (Å²) in [6.45, 7) is 6.59. The van der Waals surface area contributed by atoms with Crippen LogP contribution in [0.1, 0.15) is 30.9 Å². The van der Waals surface area contributed by atoms with Crippen molar-refractivity contribution in [2.75, 3.05) is 11.9 Å². The van der Waals surface area contributed by atoms with Crippen LogP contribution in [0.4, 0.5) is 10.7 Å². The van der Waals surface area contributed by atoms with Gasteiger partial charge in [-0.2, -0.15) is 4.98 Å². The minimum atomic E-state index is -0.519. The number of hydrogen-bond acceptors (Lipinski definition) is 5. The Bertz CT molecular complexity index is 869. The maximum atomic E-state index is 11.7. The number of benzene rings is 1. The van der Waals surface area contributed by atoms with E-state index >= 15 is 0 Å². The average Bonchev–Trinajstić information content (AvgIpc) is 3.08. The molecule has 6 nitrogen and oxygen atoms in total. The lowest BCUT2D eigenvalue weighted by Crippen LogP contribution is -2.15. The zero-order chi connectivity index (χ0) is 17.1. The number of unbranched alkanes of at least 4 members (excludes halogenated alkanes) is 1. The van der Waals surface area contributed by atoms with Gasteiger partial charge in [-0.05, 0) is 25.8 Å². The van der Waals surface area contributed by atoms with Crippen molar-refractivity contribution in [3.05, 3.63) is 34.7 Å². The van der Waals surface area contributed by atoms with Gasteiger partial charge in [0.1, 0.15) is 0 Å². The van der Waals surface area contributed by atoms with E-state index < -0.39 is 6.09 Å². The maximum absolute atomic E-state index is 11.7. The molecule has 1 N–H and O–H groups in total. The molecular weight excluding hydrogens is 324 g/mol. The van der Waals surface area contributed by atoms with Crippen LogP contribution in [0.2, 0.25) is 0 Å². The number of anilines is 1. The molecule has 24 heavy (non-hydrogen) atoms. The van der Waals surface area contributed by atoms with E-state index in [0.29, 0.717) is 6.61 Å². The van der Waals surface area contributed by atoms with Gasteiger partial charge in [0.15, 0.2) is 0 Å². The first kappa shape index (κ1) is 16.4. The van der Waals surface area contributed by atoms with Crippen molar-refractivity contribution < 1.29 is 9.53 Å². The van der Waals surface area contributed by atoms with Crippen LogP contribution in [0.15, 0.2) is 23.6 Å². The number of hydrogen-bond donors (Lipinski definition) is 1. The second-order valence-electron chi connectivity index (χ2n) is 5.68. The van der Waals surface area contributed by atoms with Crippen molar-refractivity contribution in [2.24, 2.45) is 0 Å². The van der Waals surface area contributed by atoms with Crippen molar-refractivity contribution in [3.63, 3.8) is 0 Å². The summed E-state index contributed by atoms with van der Waals surface area (Å²) in [7, 11) is 0. The summed E-state index contributed by atoms with van der Waals surface area (Å²) in [4.78, 5) is 16.8. The monoisotopic (exact) mass is 344 g/mol. The molecule has 1 amide bonds. The summed E-state index contributed by atoms with van der Waals surface area (Å²) in [5.74, 6) is 0.259. The molecule has 0 spiro atoms. The quantitative estimate of drug-likeness (QED) is 0.696. The van der Waals surface area contributed by atoms with E-state index in [0.717, 1.165) is 29.1 Å². The molecule has 3 aromatic rings. The van der Waals surface area contributed by atoms with Crippen LogP contribution in [-0.4, -0.2) is 27.3 Å². The molecule has 0 saturated heterocycles. The number of thiazole rings is 1. The topological polar surface area (TPSA) is 68.5 Å². The van der Waals surface area contributed by atoms with E-state index in [4.69, 9.17) is 4.74 Å². The van der Waals surface area contributed by atoms with Crippen molar-refractivity contribution in [1.82, 2.24) is 14.6 Å². The highest BCUT2D eigenvalue weighted by atomic mass is 32.1. The van der Waals surface area contributed by atoms with E-state index in [9.17, 15) is 4.79 Å². The summed E-state index contributed by atoms with van der Waals surface area (Å²) >= 11 is 1.49. The van der Waals surface area contributed by atoms with E-state index in [1.165, 1.54) is 22.5 Å². The molecule has 0 aliphatic rings. The number of rotatable bonds is 5. The highest BCUT2D eigenvalue weighted by molar-refractivity contribution is 7.15. The fourth-order valence-corrected chi connectivity index (χ4v) is 3.28. The van der Waals surface area contributed by atoms with E-state index in [1.54, 1.807) is 4.52 Å². The molecule has 2 aromatic heterocycles. The lowest BCUT2D eigenvalue weighted by molar-refractivity contribution is 0.159. The largest absolute Gasteiger partial charge is 0.449 e. The third-order valence-electron chi connectivity index (χ3n) is 3.68. The van der Waals surface area contributed by atoms with Crippen LogP contribution in [-0.2, 0) is 4.74 Å². The number of aryl methyl sites for hydroxylation is 2. The molecule has 7 heteroatoms. The maximum Gasteiger partial charge on any atom is 0.414 e. The van der Waals surface area contributed by atoms with Gasteiger partial charge in [-0.3, -0.25) is 5.32 Å². The molecule has 0 radical (unpaired) electrons. The Labute approximate surface area is 144 Å². The molecule has 0 aliphatic carbocycles. The van der Waals surface area contributed by atoms with E-state index in [-0.39, 0.29) is 5.95 Å². The van der Waals surface area contributed by atoms with Crippen molar-refractivity contribution in [1.29, 1.82) is 0 Å². The van der Waals surface area contributed by atoms with Gasteiger partial charge in [0, 0.05) is 10.9 Å². The van der Waals surface area contributed by atoms with E-state index in [1.807, 2.05) is 12.3 Å². The van der Waals surface area contributed by atoms with Gasteiger partial charge >= 0.3 is 6.09 Å². The Morgan fingerprint density at radius 3 is 2.96 bits per heavy atom. The Balaban J connectivity index is 1.82. The number of ether oxygens (including phenoxy) is 1. The van der Waals surface area contributed by atoms with Gasteiger partial charge in [0.2, 0.25) is 4.96 Å². The van der Waals surface area contributed by atoms with Gasteiger partial charge in [0.25, 0.3) is 5.95 Å². The molecule has 0 aliphatic heterocycles. The number of carbonyl (C=O) groups excluding carboxylic acids is 1. The number of nitrogens with zero attached hydrogens (tertiary/aromatic N) is 3. The summed E-state index contributed by atoms with van der Waals surface area (Å²) in [5.41, 5.74) is 4.47. The minimum absolute atomic E-state index is 0.259. The van der Waals surface area contributed by atoms with Crippen LogP contribution >= 0.6 is 11.3 Å². The first-order valence-corrected chi connectivity index (χ1v) is 8.82. The van der Waals surface area contributed by atoms with E-state index in [2.05, 4.69) is 47.4 Å². The average molecular weight is 344 g/mol. The second-order valence-corrected chi connectivity index (χ2v) is 6.52. The van der Waals surface area contributed by atoms with Crippen LogP contribution in [0.3, 0.4) is 0 Å². The summed E-state index contributed by atoms with van der Waals surface area (Å²) < 4.78 is 6.82. The molecule has 3 rings (SSSR count). The van der Waals surface area contributed by atoms with Crippen molar-refractivity contribution >= 4 is 28.3 Å². The van der Waals surface area contributed by atoms with Gasteiger partial charge in [-0.1, -0.05) is 37.1 Å². The van der Waals surface area contributed by atoms with Gasteiger partial charge in [-0.15, -0.1) is 16.4 Å². The van der Waals surface area contributed by atoms with Gasteiger partial charge in [0.05, 0.1) is 12.3 Å². The number of carbonyl (C=O) groups is 1. The van der Waals surface area contributed by atoms with Crippen LogP contribution in [0.5, 0.6) is 0 Å². The number of aromatic nitrogens is 3. The SMILES string of the molecule is CCCCOC(=O)Nc1nc2scc(-c3ccc(C)cc3C)n2n1. The predicted octanol–water partition coefficient (Wildman–Crippen LogP) is 4.42. The number of amides is 1. The zero-order valence-electron chi connectivity index (χ0n) is 14.0. The highest BCUT2D eigenvalue weighted by Gasteiger charge is 2.15. The highest BCUT2D eigenvalue weighted by Crippen LogP contribution is 2.28. The van der Waals surface area contributed by atoms with Crippen LogP contribution < -0.4 is 5.32 Å². The Morgan fingerprint density at radius 1 is 1.38 bits per heavy atom. The van der Waals surface area contributed by atoms with Gasteiger partial charge in [-0.25, -0.2) is 9.31 Å². The fraction of sp³-hybridized carbons (Fsp3) is 0.353. The van der Waals surface area contributed by atoms with Crippen molar-refractivity contribution in [2.45, 2.75) is 33.6 Å². The molecule has 0 unspecified atom stereocenters. The molecule has 0 atom stereocenters. The molecular formula is C17H20N4O2S. The third kappa shape index (κ3) is 3.41. The minimum Gasteiger partial charge on any atom is -0.449 e. The summed E-state index contributed by atoms with van der Waals surface area (Å²) in [6, 6.07) is 6.30. The Kier molecular flexibility index (Phi) is 4.80.